The molecule has 0 saturated carbocycles. The molecule has 1 aliphatic heterocycles. The molecule has 14 heteroatoms. The van der Waals surface area contributed by atoms with Crippen LogP contribution in [0.1, 0.15) is 46.5 Å². The minimum Gasteiger partial charge on any atom is -0.444 e. The highest BCUT2D eigenvalue weighted by Gasteiger charge is 2.24. The quantitative estimate of drug-likeness (QED) is 0.195. The molecule has 1 saturated heterocycles. The van der Waals surface area contributed by atoms with Crippen LogP contribution in [0.5, 0.6) is 0 Å². The number of benzene rings is 1. The summed E-state index contributed by atoms with van der Waals surface area (Å²) in [5.41, 5.74) is -1.49. The Balaban J connectivity index is 1.39. The lowest BCUT2D eigenvalue weighted by atomic mass is 10.0. The number of pyridine rings is 1. The van der Waals surface area contributed by atoms with Crippen molar-refractivity contribution in [2.75, 3.05) is 36.2 Å². The zero-order valence-corrected chi connectivity index (χ0v) is 24.9. The van der Waals surface area contributed by atoms with Gasteiger partial charge in [-0.15, -0.1) is 0 Å². The monoisotopic (exact) mass is 607 g/mol. The summed E-state index contributed by atoms with van der Waals surface area (Å²) in [5, 5.41) is 6.27. The Morgan fingerprint density at radius 2 is 1.95 bits per heavy atom. The molecule has 3 aromatic rings. The van der Waals surface area contributed by atoms with Crippen molar-refractivity contribution in [3.8, 4) is 11.1 Å². The van der Waals surface area contributed by atoms with Gasteiger partial charge in [-0.05, 0) is 64.7 Å². The summed E-state index contributed by atoms with van der Waals surface area (Å²) < 4.78 is 54.8. The van der Waals surface area contributed by atoms with Gasteiger partial charge in [0, 0.05) is 56.9 Å². The standard InChI is InChI=1S/C28H36F3N7O3S/c1-28(2,3)41-27(40)33-12-7-5-6-11-32-26-34-15-17-14-19(25(39)37(4)24(17)35-26)22-20(30)8-9-21(23(22)31)36-42-38-13-10-18(29)16-38/h8-9,14-15,18,36H,5-7,10-13,16H2,1-4H3,(H,33,40)(H,32,34,35)/t18-/m1/s1. The first kappa shape index (κ1) is 31.4. The van der Waals surface area contributed by atoms with Gasteiger partial charge in [-0.2, -0.15) is 4.98 Å². The molecule has 3 heterocycles. The Bertz CT molecular complexity index is 1480. The molecule has 1 amide bonds. The number of alkyl carbamates (subject to hydrolysis) is 1. The number of carbonyl (C=O) groups is 1. The summed E-state index contributed by atoms with van der Waals surface area (Å²) in [6, 6.07) is 3.71. The summed E-state index contributed by atoms with van der Waals surface area (Å²) in [6.07, 6.45) is 2.92. The third-order valence-corrected chi connectivity index (χ3v) is 7.39. The van der Waals surface area contributed by atoms with Gasteiger partial charge in [-0.25, -0.2) is 27.3 Å². The number of amides is 1. The van der Waals surface area contributed by atoms with E-state index < -0.39 is 40.6 Å². The summed E-state index contributed by atoms with van der Waals surface area (Å²) >= 11 is 1.04. The Hall–Kier alpha value is -3.52. The van der Waals surface area contributed by atoms with Crippen molar-refractivity contribution in [2.45, 2.75) is 58.2 Å². The van der Waals surface area contributed by atoms with Crippen molar-refractivity contribution in [3.63, 3.8) is 0 Å². The second kappa shape index (κ2) is 13.6. The summed E-state index contributed by atoms with van der Waals surface area (Å²) in [7, 11) is 1.48. The third-order valence-electron chi connectivity index (χ3n) is 6.49. The van der Waals surface area contributed by atoms with Crippen LogP contribution in [0, 0.1) is 11.6 Å². The van der Waals surface area contributed by atoms with Crippen LogP contribution < -0.4 is 20.9 Å². The number of fused-ring (bicyclic) bond motifs is 1. The normalized spacial score (nSPS) is 15.6. The molecule has 0 aliphatic carbocycles. The summed E-state index contributed by atoms with van der Waals surface area (Å²) in [5.74, 6) is -1.49. The van der Waals surface area contributed by atoms with E-state index in [1.807, 2.05) is 20.8 Å². The number of carbonyl (C=O) groups excluding carboxylic acids is 1. The average Bonchev–Trinajstić information content (AvgIpc) is 3.34. The maximum Gasteiger partial charge on any atom is 0.407 e. The fourth-order valence-electron chi connectivity index (χ4n) is 4.41. The number of anilines is 2. The molecule has 4 rings (SSSR count). The zero-order chi connectivity index (χ0) is 30.4. The number of nitrogens with one attached hydrogen (secondary N) is 3. The van der Waals surface area contributed by atoms with E-state index in [2.05, 4.69) is 25.3 Å². The lowest BCUT2D eigenvalue weighted by Crippen LogP contribution is -2.33. The van der Waals surface area contributed by atoms with Crippen molar-refractivity contribution >= 4 is 40.9 Å². The van der Waals surface area contributed by atoms with Gasteiger partial charge in [-0.3, -0.25) is 9.36 Å². The molecule has 2 aromatic heterocycles. The number of hydrogen-bond donors (Lipinski definition) is 3. The van der Waals surface area contributed by atoms with Crippen molar-refractivity contribution in [3.05, 3.63) is 46.4 Å². The van der Waals surface area contributed by atoms with Crippen LogP contribution >= 0.6 is 12.1 Å². The van der Waals surface area contributed by atoms with Crippen molar-refractivity contribution in [2.24, 2.45) is 7.05 Å². The van der Waals surface area contributed by atoms with Crippen LogP contribution in [0.2, 0.25) is 0 Å². The number of nitrogens with zero attached hydrogens (tertiary/aromatic N) is 4. The lowest BCUT2D eigenvalue weighted by molar-refractivity contribution is 0.0527. The van der Waals surface area contributed by atoms with E-state index in [1.165, 1.54) is 29.9 Å². The van der Waals surface area contributed by atoms with Crippen molar-refractivity contribution in [1.82, 2.24) is 24.2 Å². The van der Waals surface area contributed by atoms with E-state index in [-0.39, 0.29) is 17.8 Å². The fourth-order valence-corrected chi connectivity index (χ4v) is 5.22. The number of hydrogen-bond acceptors (Lipinski definition) is 9. The minimum absolute atomic E-state index is 0.0164. The number of aromatic nitrogens is 3. The Kier molecular flexibility index (Phi) is 10.2. The maximum atomic E-state index is 15.5. The maximum absolute atomic E-state index is 15.5. The van der Waals surface area contributed by atoms with Crippen LogP contribution in [0.25, 0.3) is 22.2 Å². The molecule has 0 radical (unpaired) electrons. The van der Waals surface area contributed by atoms with Crippen molar-refractivity contribution in [1.29, 1.82) is 0 Å². The van der Waals surface area contributed by atoms with E-state index >= 15 is 4.39 Å². The van der Waals surface area contributed by atoms with Crippen LogP contribution in [-0.4, -0.2) is 62.9 Å². The molecule has 42 heavy (non-hydrogen) atoms. The molecule has 1 aromatic carbocycles. The Labute approximate surface area is 246 Å². The van der Waals surface area contributed by atoms with Gasteiger partial charge in [0.1, 0.15) is 23.2 Å². The largest absolute Gasteiger partial charge is 0.444 e. The molecular formula is C28H36F3N7O3S. The number of aryl methyl sites for hydroxylation is 1. The van der Waals surface area contributed by atoms with Gasteiger partial charge >= 0.3 is 6.09 Å². The van der Waals surface area contributed by atoms with Gasteiger partial charge in [0.05, 0.1) is 16.8 Å². The molecule has 0 bridgehead atoms. The molecule has 228 valence electrons. The van der Waals surface area contributed by atoms with Gasteiger partial charge in [0.2, 0.25) is 5.95 Å². The number of halogens is 3. The highest BCUT2D eigenvalue weighted by molar-refractivity contribution is 7.98. The van der Waals surface area contributed by atoms with E-state index in [0.29, 0.717) is 43.0 Å². The lowest BCUT2D eigenvalue weighted by Gasteiger charge is -2.19. The van der Waals surface area contributed by atoms with Crippen molar-refractivity contribution < 1.29 is 22.7 Å². The second-order valence-electron chi connectivity index (χ2n) is 11.1. The Morgan fingerprint density at radius 1 is 1.19 bits per heavy atom. The van der Waals surface area contributed by atoms with E-state index in [0.717, 1.165) is 37.5 Å². The molecule has 0 spiro atoms. The van der Waals surface area contributed by atoms with Gasteiger partial charge in [0.25, 0.3) is 5.56 Å². The fraction of sp³-hybridized carbons (Fsp3) is 0.500. The van der Waals surface area contributed by atoms with Gasteiger partial charge < -0.3 is 20.1 Å². The second-order valence-corrected chi connectivity index (χ2v) is 12.0. The predicted octanol–water partition coefficient (Wildman–Crippen LogP) is 5.40. The first-order valence-corrected chi connectivity index (χ1v) is 14.6. The first-order chi connectivity index (χ1) is 19.9. The molecule has 3 N–H and O–H groups in total. The summed E-state index contributed by atoms with van der Waals surface area (Å²) in [6.45, 7) is 7.21. The van der Waals surface area contributed by atoms with Crippen LogP contribution in [-0.2, 0) is 11.8 Å². The molecule has 0 unspecified atom stereocenters. The highest BCUT2D eigenvalue weighted by Crippen LogP contribution is 2.32. The minimum atomic E-state index is -0.939. The topological polar surface area (TPSA) is 113 Å². The number of rotatable bonds is 11. The van der Waals surface area contributed by atoms with Gasteiger partial charge in [0.15, 0.2) is 5.82 Å². The van der Waals surface area contributed by atoms with Crippen LogP contribution in [0.4, 0.5) is 29.6 Å². The molecule has 1 fully saturated rings. The number of alkyl halides is 1. The van der Waals surface area contributed by atoms with E-state index in [4.69, 9.17) is 4.74 Å². The smallest absolute Gasteiger partial charge is 0.407 e. The highest BCUT2D eigenvalue weighted by atomic mass is 32.2. The van der Waals surface area contributed by atoms with Crippen LogP contribution in [0.15, 0.2) is 29.2 Å². The molecule has 1 atom stereocenters. The molecule has 1 aliphatic rings. The van der Waals surface area contributed by atoms with Crippen LogP contribution in [0.3, 0.4) is 0 Å². The SMILES string of the molecule is Cn1c(=O)c(-c2c(F)ccc(NSN3CC[C@@H](F)C3)c2F)cc2cnc(NCCCCCNC(=O)OC(C)(C)C)nc21. The Morgan fingerprint density at radius 3 is 2.67 bits per heavy atom. The zero-order valence-electron chi connectivity index (χ0n) is 24.1. The number of ether oxygens (including phenoxy) is 1. The number of unbranched alkanes of at least 4 members (excludes halogenated alkanes) is 2. The average molecular weight is 608 g/mol. The molecular weight excluding hydrogens is 571 g/mol. The first-order valence-electron chi connectivity index (χ1n) is 13.8. The molecule has 10 nitrogen and oxygen atoms in total. The van der Waals surface area contributed by atoms with E-state index in [9.17, 15) is 18.4 Å². The van der Waals surface area contributed by atoms with E-state index in [1.54, 1.807) is 4.31 Å². The summed E-state index contributed by atoms with van der Waals surface area (Å²) in [4.78, 5) is 33.6. The predicted molar refractivity (Wildman–Crippen MR) is 159 cm³/mol. The third kappa shape index (κ3) is 8.06. The van der Waals surface area contributed by atoms with Gasteiger partial charge in [-0.1, -0.05) is 0 Å².